The molecule has 23 heavy (non-hydrogen) atoms. The van der Waals surface area contributed by atoms with Gasteiger partial charge >= 0.3 is 0 Å². The number of hydrogen-bond donors (Lipinski definition) is 1. The van der Waals surface area contributed by atoms with Crippen LogP contribution in [-0.2, 0) is 4.79 Å². The van der Waals surface area contributed by atoms with Crippen LogP contribution in [0.1, 0.15) is 24.1 Å². The summed E-state index contributed by atoms with van der Waals surface area (Å²) >= 11 is 0. The van der Waals surface area contributed by atoms with Gasteiger partial charge in [-0.25, -0.2) is 0 Å². The largest absolute Gasteiger partial charge is 0.486 e. The molecule has 2 aromatic carbocycles. The van der Waals surface area contributed by atoms with Crippen molar-refractivity contribution in [3.05, 3.63) is 65.7 Å². The van der Waals surface area contributed by atoms with Crippen LogP contribution in [0.2, 0.25) is 0 Å². The van der Waals surface area contributed by atoms with E-state index in [9.17, 15) is 4.79 Å². The Kier molecular flexibility index (Phi) is 4.62. The van der Waals surface area contributed by atoms with Crippen molar-refractivity contribution in [3.63, 3.8) is 0 Å². The number of fused-ring (bicyclic) bond motifs is 1. The van der Waals surface area contributed by atoms with Crippen LogP contribution in [0.3, 0.4) is 0 Å². The first-order chi connectivity index (χ1) is 11.2. The normalized spacial score (nSPS) is 14.5. The molecule has 0 fully saturated rings. The summed E-state index contributed by atoms with van der Waals surface area (Å²) in [5, 5.41) is 2.95. The third kappa shape index (κ3) is 3.92. The van der Waals surface area contributed by atoms with Gasteiger partial charge in [0, 0.05) is 6.08 Å². The number of carbonyl (C=O) groups excluding carboxylic acids is 1. The molecular formula is C19H19NO3. The monoisotopic (exact) mass is 309 g/mol. The molecule has 3 rings (SSSR count). The van der Waals surface area contributed by atoms with Crippen molar-refractivity contribution in [2.45, 2.75) is 13.0 Å². The minimum absolute atomic E-state index is 0.0337. The quantitative estimate of drug-likeness (QED) is 0.881. The van der Waals surface area contributed by atoms with E-state index in [1.807, 2.05) is 55.5 Å². The van der Waals surface area contributed by atoms with Gasteiger partial charge in [0.1, 0.15) is 13.2 Å². The standard InChI is InChI=1S/C19H19NO3/c1-14(16-5-3-2-4-6-16)20-19(21)10-8-15-7-9-17-18(13-15)23-12-11-22-17/h2-10,13-14H,11-12H2,1H3,(H,20,21)/b10-8+/t14-/m0/s1. The maximum atomic E-state index is 12.0. The Balaban J connectivity index is 1.62. The molecule has 0 saturated carbocycles. The number of carbonyl (C=O) groups is 1. The Morgan fingerprint density at radius 3 is 2.61 bits per heavy atom. The molecule has 4 nitrogen and oxygen atoms in total. The molecule has 1 N–H and O–H groups in total. The van der Waals surface area contributed by atoms with Crippen LogP contribution >= 0.6 is 0 Å². The lowest BCUT2D eigenvalue weighted by Crippen LogP contribution is -2.24. The third-order valence-electron chi connectivity index (χ3n) is 3.65. The van der Waals surface area contributed by atoms with E-state index in [1.165, 1.54) is 6.08 Å². The Hall–Kier alpha value is -2.75. The number of ether oxygens (including phenoxy) is 2. The maximum absolute atomic E-state index is 12.0. The Morgan fingerprint density at radius 2 is 1.83 bits per heavy atom. The van der Waals surface area contributed by atoms with Gasteiger partial charge in [0.05, 0.1) is 6.04 Å². The average Bonchev–Trinajstić information content (AvgIpc) is 2.60. The fourth-order valence-electron chi connectivity index (χ4n) is 2.42. The summed E-state index contributed by atoms with van der Waals surface area (Å²) in [6, 6.07) is 15.5. The number of rotatable bonds is 4. The van der Waals surface area contributed by atoms with E-state index in [0.29, 0.717) is 13.2 Å². The van der Waals surface area contributed by atoms with E-state index < -0.39 is 0 Å². The number of amides is 1. The van der Waals surface area contributed by atoms with Gasteiger partial charge in [0.2, 0.25) is 5.91 Å². The highest BCUT2D eigenvalue weighted by atomic mass is 16.6. The second-order valence-corrected chi connectivity index (χ2v) is 5.38. The molecule has 1 aliphatic heterocycles. The topological polar surface area (TPSA) is 47.6 Å². The van der Waals surface area contributed by atoms with Crippen molar-refractivity contribution in [2.24, 2.45) is 0 Å². The van der Waals surface area contributed by atoms with Crippen molar-refractivity contribution in [2.75, 3.05) is 13.2 Å². The first-order valence-electron chi connectivity index (χ1n) is 7.65. The smallest absolute Gasteiger partial charge is 0.244 e. The molecule has 0 radical (unpaired) electrons. The van der Waals surface area contributed by atoms with E-state index in [-0.39, 0.29) is 11.9 Å². The molecule has 1 heterocycles. The van der Waals surface area contributed by atoms with Crippen LogP contribution in [0.4, 0.5) is 0 Å². The van der Waals surface area contributed by atoms with E-state index in [1.54, 1.807) is 6.08 Å². The summed E-state index contributed by atoms with van der Waals surface area (Å²) in [4.78, 5) is 12.0. The van der Waals surface area contributed by atoms with Gasteiger partial charge in [-0.3, -0.25) is 4.79 Å². The zero-order chi connectivity index (χ0) is 16.1. The van der Waals surface area contributed by atoms with Crippen LogP contribution < -0.4 is 14.8 Å². The van der Waals surface area contributed by atoms with Crippen LogP contribution in [0.5, 0.6) is 11.5 Å². The molecule has 1 amide bonds. The zero-order valence-electron chi connectivity index (χ0n) is 13.0. The van der Waals surface area contributed by atoms with Crippen molar-refractivity contribution in [1.29, 1.82) is 0 Å². The number of nitrogens with one attached hydrogen (secondary N) is 1. The minimum Gasteiger partial charge on any atom is -0.486 e. The van der Waals surface area contributed by atoms with Crippen LogP contribution in [0.15, 0.2) is 54.6 Å². The molecule has 0 aromatic heterocycles. The summed E-state index contributed by atoms with van der Waals surface area (Å²) in [5.74, 6) is 1.34. The Morgan fingerprint density at radius 1 is 1.09 bits per heavy atom. The molecule has 118 valence electrons. The SMILES string of the molecule is C[C@H](NC(=O)/C=C/c1ccc2c(c1)OCCO2)c1ccccc1. The van der Waals surface area contributed by atoms with Gasteiger partial charge in [-0.1, -0.05) is 36.4 Å². The highest BCUT2D eigenvalue weighted by Gasteiger charge is 2.11. The lowest BCUT2D eigenvalue weighted by atomic mass is 10.1. The highest BCUT2D eigenvalue weighted by Crippen LogP contribution is 2.31. The van der Waals surface area contributed by atoms with Crippen molar-refractivity contribution in [3.8, 4) is 11.5 Å². The predicted molar refractivity (Wildman–Crippen MR) is 89.5 cm³/mol. The number of benzene rings is 2. The molecule has 0 unspecified atom stereocenters. The zero-order valence-corrected chi connectivity index (χ0v) is 13.0. The second-order valence-electron chi connectivity index (χ2n) is 5.38. The van der Waals surface area contributed by atoms with Crippen molar-refractivity contribution < 1.29 is 14.3 Å². The van der Waals surface area contributed by atoms with E-state index in [0.717, 1.165) is 22.6 Å². The van der Waals surface area contributed by atoms with Crippen LogP contribution in [-0.4, -0.2) is 19.1 Å². The first kappa shape index (κ1) is 15.2. The number of hydrogen-bond acceptors (Lipinski definition) is 3. The molecule has 4 heteroatoms. The summed E-state index contributed by atoms with van der Waals surface area (Å²) in [7, 11) is 0. The first-order valence-corrected chi connectivity index (χ1v) is 7.65. The lowest BCUT2D eigenvalue weighted by molar-refractivity contribution is -0.117. The van der Waals surface area contributed by atoms with E-state index in [2.05, 4.69) is 5.32 Å². The maximum Gasteiger partial charge on any atom is 0.244 e. The van der Waals surface area contributed by atoms with Crippen LogP contribution in [0.25, 0.3) is 6.08 Å². The minimum atomic E-state index is -0.128. The summed E-state index contributed by atoms with van der Waals surface area (Å²) in [6.07, 6.45) is 3.30. The molecule has 0 aliphatic carbocycles. The molecule has 2 aromatic rings. The molecule has 0 saturated heterocycles. The molecule has 0 bridgehead atoms. The summed E-state index contributed by atoms with van der Waals surface area (Å²) in [5.41, 5.74) is 1.98. The van der Waals surface area contributed by atoms with E-state index in [4.69, 9.17) is 9.47 Å². The molecule has 1 atom stereocenters. The predicted octanol–water partition coefficient (Wildman–Crippen LogP) is 3.35. The highest BCUT2D eigenvalue weighted by molar-refractivity contribution is 5.92. The van der Waals surface area contributed by atoms with Gasteiger partial charge in [-0.05, 0) is 36.3 Å². The van der Waals surface area contributed by atoms with Gasteiger partial charge in [-0.2, -0.15) is 0 Å². The van der Waals surface area contributed by atoms with Gasteiger partial charge in [0.15, 0.2) is 11.5 Å². The summed E-state index contributed by atoms with van der Waals surface area (Å²) < 4.78 is 11.0. The van der Waals surface area contributed by atoms with Gasteiger partial charge in [0.25, 0.3) is 0 Å². The Bertz CT molecular complexity index is 710. The average molecular weight is 309 g/mol. The van der Waals surface area contributed by atoms with Crippen LogP contribution in [0, 0.1) is 0 Å². The summed E-state index contributed by atoms with van der Waals surface area (Å²) in [6.45, 7) is 3.09. The molecule has 0 spiro atoms. The second kappa shape index (κ2) is 7.01. The molecular weight excluding hydrogens is 290 g/mol. The van der Waals surface area contributed by atoms with Crippen molar-refractivity contribution in [1.82, 2.24) is 5.32 Å². The van der Waals surface area contributed by atoms with E-state index >= 15 is 0 Å². The molecule has 1 aliphatic rings. The fraction of sp³-hybridized carbons (Fsp3) is 0.211. The Labute approximate surface area is 135 Å². The fourth-order valence-corrected chi connectivity index (χ4v) is 2.42. The van der Waals surface area contributed by atoms with Crippen molar-refractivity contribution >= 4 is 12.0 Å². The van der Waals surface area contributed by atoms with Gasteiger partial charge in [-0.15, -0.1) is 0 Å². The lowest BCUT2D eigenvalue weighted by Gasteiger charge is -2.18. The van der Waals surface area contributed by atoms with Gasteiger partial charge < -0.3 is 14.8 Å². The third-order valence-corrected chi connectivity index (χ3v) is 3.65.